The monoisotopic (exact) mass is 887 g/mol. The molecule has 1 aliphatic rings. The molecule has 0 saturated carbocycles. The molecular weight excluding hydrogens is 817 g/mol. The van der Waals surface area contributed by atoms with Gasteiger partial charge >= 0.3 is 5.97 Å². The molecule has 4 rings (SSSR count). The first-order valence-corrected chi connectivity index (χ1v) is 22.2. The van der Waals surface area contributed by atoms with Gasteiger partial charge < -0.3 is 64.1 Å². The number of hydrogen-bond donors (Lipinski definition) is 4. The highest BCUT2D eigenvalue weighted by molar-refractivity contribution is 5.87. The lowest BCUT2D eigenvalue weighted by atomic mass is 10.1. The molecular formula is C44H70N8O11. The number of benzene rings is 1. The summed E-state index contributed by atoms with van der Waals surface area (Å²) in [7, 11) is 1.70. The van der Waals surface area contributed by atoms with E-state index in [1.165, 1.54) is 6.92 Å². The van der Waals surface area contributed by atoms with Crippen LogP contribution in [0.4, 0.5) is 11.8 Å². The van der Waals surface area contributed by atoms with Crippen LogP contribution in [0.5, 0.6) is 5.75 Å². The summed E-state index contributed by atoms with van der Waals surface area (Å²) in [5.74, 6) is -0.0965. The molecule has 0 radical (unpaired) electrons. The Kier molecular flexibility index (Phi) is 24.0. The normalized spacial score (nSPS) is 13.7. The van der Waals surface area contributed by atoms with Crippen LogP contribution < -0.4 is 21.1 Å². The van der Waals surface area contributed by atoms with Crippen molar-refractivity contribution in [2.75, 3.05) is 137 Å². The molecule has 2 aromatic heterocycles. The molecule has 1 atom stereocenters. The van der Waals surface area contributed by atoms with Crippen molar-refractivity contribution in [2.24, 2.45) is 5.92 Å². The van der Waals surface area contributed by atoms with E-state index < -0.39 is 11.9 Å². The maximum Gasteiger partial charge on any atom is 0.306 e. The molecule has 3 heterocycles. The smallest absolute Gasteiger partial charge is 0.306 e. The standard InChI is InChI=1S/C44H70N8O11/c1-4-5-6-11-47-42-41-37(48-44(45)49-42)9-13-52(41)33-36-8-7-35(31-38(36)57-3)32-50-14-16-51(17-15-50)40(54)10-18-58-20-22-60-24-26-62-28-29-63-27-25-61-23-21-59-19-12-46-39(53)30-34(2)43(55)56/h7-9,13,31,34H,4-6,10-12,14-30,32-33H2,1-3H3,(H,46,53)(H,55,56)(H3,45,47,48,49). The van der Waals surface area contributed by atoms with Crippen molar-refractivity contribution < 1.29 is 52.6 Å². The lowest BCUT2D eigenvalue weighted by Crippen LogP contribution is -2.48. The number of nitrogens with one attached hydrogen (secondary N) is 2. The molecule has 3 aromatic rings. The highest BCUT2D eigenvalue weighted by Crippen LogP contribution is 2.27. The first-order chi connectivity index (χ1) is 30.7. The molecule has 0 aliphatic carbocycles. The Morgan fingerprint density at radius 3 is 2.02 bits per heavy atom. The number of aliphatic carboxylic acids is 1. The molecule has 5 N–H and O–H groups in total. The second-order valence-corrected chi connectivity index (χ2v) is 15.3. The van der Waals surface area contributed by atoms with Crippen molar-refractivity contribution in [3.05, 3.63) is 41.6 Å². The lowest BCUT2D eigenvalue weighted by Gasteiger charge is -2.35. The fraction of sp³-hybridized carbons (Fsp3) is 0.659. The van der Waals surface area contributed by atoms with Crippen LogP contribution in [0.1, 0.15) is 57.1 Å². The second kappa shape index (κ2) is 29.7. The van der Waals surface area contributed by atoms with E-state index in [0.717, 1.165) is 79.2 Å². The van der Waals surface area contributed by atoms with Gasteiger partial charge in [0.15, 0.2) is 5.82 Å². The van der Waals surface area contributed by atoms with Gasteiger partial charge in [0.25, 0.3) is 0 Å². The summed E-state index contributed by atoms with van der Waals surface area (Å²) in [6.45, 7) is 14.0. The number of amides is 2. The number of nitrogens with two attached hydrogens (primary N) is 1. The highest BCUT2D eigenvalue weighted by Gasteiger charge is 2.22. The first kappa shape index (κ1) is 51.0. The van der Waals surface area contributed by atoms with Gasteiger partial charge in [-0.25, -0.2) is 4.98 Å². The molecule has 2 amide bonds. The molecule has 1 fully saturated rings. The van der Waals surface area contributed by atoms with E-state index in [0.29, 0.717) is 112 Å². The maximum atomic E-state index is 12.9. The van der Waals surface area contributed by atoms with Gasteiger partial charge in [0.2, 0.25) is 17.8 Å². The van der Waals surface area contributed by atoms with Crippen LogP contribution in [0, 0.1) is 5.92 Å². The maximum absolute atomic E-state index is 12.9. The summed E-state index contributed by atoms with van der Waals surface area (Å²) in [4.78, 5) is 48.5. The van der Waals surface area contributed by atoms with Gasteiger partial charge in [-0.05, 0) is 24.1 Å². The molecule has 0 spiro atoms. The summed E-state index contributed by atoms with van der Waals surface area (Å²) in [6, 6.07) is 8.34. The van der Waals surface area contributed by atoms with Crippen molar-refractivity contribution in [3.8, 4) is 5.75 Å². The molecule has 1 aromatic carbocycles. The number of aromatic nitrogens is 3. The summed E-state index contributed by atoms with van der Waals surface area (Å²) in [5, 5.41) is 14.9. The number of hydrogen-bond acceptors (Lipinski definition) is 15. The molecule has 0 bridgehead atoms. The minimum absolute atomic E-state index is 0.0561. The molecule has 1 unspecified atom stereocenters. The van der Waals surface area contributed by atoms with Gasteiger partial charge in [0.1, 0.15) is 11.3 Å². The third kappa shape index (κ3) is 19.3. The number of nitrogens with zero attached hydrogens (tertiary/aromatic N) is 5. The predicted octanol–water partition coefficient (Wildman–Crippen LogP) is 3.03. The summed E-state index contributed by atoms with van der Waals surface area (Å²) in [6.07, 6.45) is 5.65. The topological polar surface area (TPSA) is 223 Å². The van der Waals surface area contributed by atoms with Crippen molar-refractivity contribution >= 4 is 40.6 Å². The number of carbonyl (C=O) groups excluding carboxylic acids is 2. The van der Waals surface area contributed by atoms with Crippen molar-refractivity contribution in [1.29, 1.82) is 0 Å². The third-order valence-corrected chi connectivity index (χ3v) is 10.3. The van der Waals surface area contributed by atoms with Gasteiger partial charge in [-0.2, -0.15) is 4.98 Å². The van der Waals surface area contributed by atoms with E-state index in [1.807, 2.05) is 17.2 Å². The van der Waals surface area contributed by atoms with Crippen LogP contribution in [0.2, 0.25) is 0 Å². The van der Waals surface area contributed by atoms with Crippen LogP contribution >= 0.6 is 0 Å². The number of carboxylic acid groups (broad SMARTS) is 1. The Labute approximate surface area is 371 Å². The third-order valence-electron chi connectivity index (χ3n) is 10.3. The Morgan fingerprint density at radius 2 is 1.41 bits per heavy atom. The van der Waals surface area contributed by atoms with Crippen LogP contribution in [-0.4, -0.2) is 173 Å². The fourth-order valence-corrected chi connectivity index (χ4v) is 6.80. The molecule has 19 heteroatoms. The zero-order chi connectivity index (χ0) is 45.1. The number of rotatable bonds is 34. The van der Waals surface area contributed by atoms with E-state index in [2.05, 4.69) is 55.2 Å². The number of fused-ring (bicyclic) bond motifs is 1. The number of nitrogen functional groups attached to an aromatic ring is 1. The van der Waals surface area contributed by atoms with E-state index in [1.54, 1.807) is 7.11 Å². The Balaban J connectivity index is 0.970. The predicted molar refractivity (Wildman–Crippen MR) is 238 cm³/mol. The van der Waals surface area contributed by atoms with Crippen LogP contribution in [0.3, 0.4) is 0 Å². The van der Waals surface area contributed by atoms with Crippen LogP contribution in [0.25, 0.3) is 11.0 Å². The number of carboxylic acids is 1. The van der Waals surface area contributed by atoms with Gasteiger partial charge in [-0.3, -0.25) is 19.3 Å². The molecule has 352 valence electrons. The number of piperazine rings is 1. The van der Waals surface area contributed by atoms with Gasteiger partial charge in [-0.1, -0.05) is 38.8 Å². The number of ether oxygens (including phenoxy) is 7. The second-order valence-electron chi connectivity index (χ2n) is 15.3. The number of carbonyl (C=O) groups is 3. The molecule has 1 aliphatic heterocycles. The van der Waals surface area contributed by atoms with Crippen molar-refractivity contribution in [1.82, 2.24) is 29.7 Å². The zero-order valence-electron chi connectivity index (χ0n) is 37.5. The number of anilines is 2. The minimum atomic E-state index is -0.996. The van der Waals surface area contributed by atoms with E-state index in [-0.39, 0.29) is 24.2 Å². The van der Waals surface area contributed by atoms with E-state index in [9.17, 15) is 14.4 Å². The average molecular weight is 887 g/mol. The van der Waals surface area contributed by atoms with E-state index >= 15 is 0 Å². The average Bonchev–Trinajstić information content (AvgIpc) is 3.68. The van der Waals surface area contributed by atoms with Crippen LogP contribution in [-0.2, 0) is 55.9 Å². The van der Waals surface area contributed by atoms with Crippen molar-refractivity contribution in [3.63, 3.8) is 0 Å². The van der Waals surface area contributed by atoms with Crippen molar-refractivity contribution in [2.45, 2.75) is 59.0 Å². The first-order valence-electron chi connectivity index (χ1n) is 22.2. The Hall–Kier alpha value is -4.63. The highest BCUT2D eigenvalue weighted by atomic mass is 16.6. The van der Waals surface area contributed by atoms with Gasteiger partial charge in [-0.15, -0.1) is 0 Å². The van der Waals surface area contributed by atoms with Gasteiger partial charge in [0.05, 0.1) is 111 Å². The fourth-order valence-electron chi connectivity index (χ4n) is 6.80. The minimum Gasteiger partial charge on any atom is -0.496 e. The van der Waals surface area contributed by atoms with Crippen LogP contribution in [0.15, 0.2) is 30.5 Å². The Bertz CT molecular complexity index is 1790. The largest absolute Gasteiger partial charge is 0.496 e. The Morgan fingerprint density at radius 1 is 0.794 bits per heavy atom. The molecule has 19 nitrogen and oxygen atoms in total. The summed E-state index contributed by atoms with van der Waals surface area (Å²) >= 11 is 0. The zero-order valence-corrected chi connectivity index (χ0v) is 37.5. The SMILES string of the molecule is CCCCCNc1nc(N)nc2ccn(Cc3ccc(CN4CCN(C(=O)CCOCCOCCOCCOCCOCCOCCNC(=O)CC(C)C(=O)O)CC4)cc3OC)c12. The van der Waals surface area contributed by atoms with Gasteiger partial charge in [0, 0.05) is 64.0 Å². The summed E-state index contributed by atoms with van der Waals surface area (Å²) < 4.78 is 41.0. The number of unbranched alkanes of at least 4 members (excludes halogenated alkanes) is 2. The molecule has 1 saturated heterocycles. The summed E-state index contributed by atoms with van der Waals surface area (Å²) in [5.41, 5.74) is 9.95. The van der Waals surface area contributed by atoms with E-state index in [4.69, 9.17) is 44.0 Å². The molecule has 63 heavy (non-hydrogen) atoms. The number of methoxy groups -OCH3 is 1. The lowest BCUT2D eigenvalue weighted by molar-refractivity contribution is -0.143. The quantitative estimate of drug-likeness (QED) is 0.0633.